The Kier molecular flexibility index (Phi) is 29.1. The van der Waals surface area contributed by atoms with E-state index in [1.165, 1.54) is 103 Å². The van der Waals surface area contributed by atoms with Gasteiger partial charge < -0.3 is 65.1 Å². The number of carbonyl (C=O) groups excluding carboxylic acids is 1. The van der Waals surface area contributed by atoms with Gasteiger partial charge in [-0.3, -0.25) is 4.79 Å². The summed E-state index contributed by atoms with van der Waals surface area (Å²) in [5.74, 6) is -0.231. The molecule has 2 fully saturated rings. The van der Waals surface area contributed by atoms with E-state index in [0.717, 1.165) is 38.5 Å². The highest BCUT2D eigenvalue weighted by Gasteiger charge is 2.51. The highest BCUT2D eigenvalue weighted by atomic mass is 16.7. The van der Waals surface area contributed by atoms with Crippen molar-refractivity contribution in [1.82, 2.24) is 5.32 Å². The van der Waals surface area contributed by atoms with Crippen molar-refractivity contribution in [3.8, 4) is 0 Å². The first-order valence-corrected chi connectivity index (χ1v) is 22.8. The smallest absolute Gasteiger partial charge is 0.220 e. The van der Waals surface area contributed by atoms with Gasteiger partial charge in [0, 0.05) is 6.42 Å². The zero-order chi connectivity index (χ0) is 41.8. The Hall–Kier alpha value is -1.01. The zero-order valence-electron chi connectivity index (χ0n) is 35.3. The van der Waals surface area contributed by atoms with Crippen LogP contribution in [0.15, 0.2) is 0 Å². The van der Waals surface area contributed by atoms with Crippen LogP contribution in [0.3, 0.4) is 0 Å². The van der Waals surface area contributed by atoms with Crippen LogP contribution in [0, 0.1) is 0 Å². The van der Waals surface area contributed by atoms with Gasteiger partial charge in [0.05, 0.1) is 32.0 Å². The molecule has 0 aromatic rings. The molecule has 2 aliphatic rings. The Morgan fingerprint density at radius 1 is 0.561 bits per heavy atom. The molecule has 2 heterocycles. The van der Waals surface area contributed by atoms with Gasteiger partial charge in [-0.2, -0.15) is 0 Å². The molecule has 2 aliphatic heterocycles. The number of amides is 1. The number of carbonyl (C=O) groups is 1. The lowest BCUT2D eigenvalue weighted by Gasteiger charge is -2.46. The lowest BCUT2D eigenvalue weighted by Crippen LogP contribution is -2.65. The number of ether oxygens (including phenoxy) is 4. The molecule has 12 atom stereocenters. The van der Waals surface area contributed by atoms with Crippen molar-refractivity contribution in [1.29, 1.82) is 0 Å². The normalized spacial score (nSPS) is 29.0. The third-order valence-corrected chi connectivity index (χ3v) is 11.6. The Labute approximate surface area is 343 Å². The molecule has 0 aromatic carbocycles. The molecule has 2 rings (SSSR count). The van der Waals surface area contributed by atoms with Gasteiger partial charge in [-0.25, -0.2) is 0 Å². The minimum absolute atomic E-state index is 0.231. The maximum atomic E-state index is 12.8. The maximum absolute atomic E-state index is 12.8. The standard InChI is InChI=1S/C43H83NO13/c1-3-5-7-8-9-10-11-12-13-14-15-16-17-18-19-20-21-22-23-25-26-32(47)31(44-35(48)27-24-6-4-2)30-54-42-40(53)38(51)41(34(29-46)56-42)57-43-39(52)37(50)36(49)33(28-45)55-43/h31-34,36-43,45-47,49-53H,3-30H2,1-2H3,(H,44,48). The van der Waals surface area contributed by atoms with Gasteiger partial charge in [0.1, 0.15) is 48.8 Å². The van der Waals surface area contributed by atoms with Crippen molar-refractivity contribution >= 4 is 5.91 Å². The summed E-state index contributed by atoms with van der Waals surface area (Å²) in [5, 5.41) is 86.0. The lowest BCUT2D eigenvalue weighted by molar-refractivity contribution is -0.359. The molecule has 12 unspecified atom stereocenters. The van der Waals surface area contributed by atoms with Gasteiger partial charge >= 0.3 is 0 Å². The van der Waals surface area contributed by atoms with E-state index < -0.39 is 86.8 Å². The molecule has 14 nitrogen and oxygen atoms in total. The molecule has 0 aromatic heterocycles. The second-order valence-electron chi connectivity index (χ2n) is 16.5. The molecule has 0 saturated carbocycles. The second kappa shape index (κ2) is 31.8. The molecule has 9 N–H and O–H groups in total. The largest absolute Gasteiger partial charge is 0.394 e. The molecule has 2 saturated heterocycles. The lowest BCUT2D eigenvalue weighted by atomic mass is 9.97. The molecule has 1 amide bonds. The molecule has 14 heteroatoms. The van der Waals surface area contributed by atoms with E-state index in [2.05, 4.69) is 12.2 Å². The summed E-state index contributed by atoms with van der Waals surface area (Å²) >= 11 is 0. The molecule has 0 spiro atoms. The number of aliphatic hydroxyl groups is 8. The van der Waals surface area contributed by atoms with E-state index in [0.29, 0.717) is 19.3 Å². The van der Waals surface area contributed by atoms with Crippen LogP contribution in [0.2, 0.25) is 0 Å². The summed E-state index contributed by atoms with van der Waals surface area (Å²) in [7, 11) is 0. The number of hydrogen-bond acceptors (Lipinski definition) is 13. The van der Waals surface area contributed by atoms with E-state index in [4.69, 9.17) is 18.9 Å². The predicted molar refractivity (Wildman–Crippen MR) is 217 cm³/mol. The van der Waals surface area contributed by atoms with Crippen LogP contribution < -0.4 is 5.32 Å². The zero-order valence-corrected chi connectivity index (χ0v) is 35.3. The van der Waals surface area contributed by atoms with Crippen molar-refractivity contribution in [3.63, 3.8) is 0 Å². The molecule has 0 radical (unpaired) electrons. The van der Waals surface area contributed by atoms with Crippen molar-refractivity contribution in [3.05, 3.63) is 0 Å². The monoisotopic (exact) mass is 822 g/mol. The number of nitrogens with one attached hydrogen (secondary N) is 1. The Morgan fingerprint density at radius 3 is 1.49 bits per heavy atom. The number of rotatable bonds is 34. The van der Waals surface area contributed by atoms with Crippen molar-refractivity contribution in [2.24, 2.45) is 0 Å². The maximum Gasteiger partial charge on any atom is 0.220 e. The fourth-order valence-electron chi connectivity index (χ4n) is 7.76. The first-order valence-electron chi connectivity index (χ1n) is 22.8. The average molecular weight is 822 g/mol. The number of aliphatic hydroxyl groups excluding tert-OH is 8. The fourth-order valence-corrected chi connectivity index (χ4v) is 7.76. The molecule has 57 heavy (non-hydrogen) atoms. The van der Waals surface area contributed by atoms with Crippen LogP contribution >= 0.6 is 0 Å². The quantitative estimate of drug-likeness (QED) is 0.0414. The van der Waals surface area contributed by atoms with Gasteiger partial charge in [0.15, 0.2) is 12.6 Å². The summed E-state index contributed by atoms with van der Waals surface area (Å²) in [5.41, 5.74) is 0. The third kappa shape index (κ3) is 20.4. The second-order valence-corrected chi connectivity index (χ2v) is 16.5. The minimum Gasteiger partial charge on any atom is -0.394 e. The van der Waals surface area contributed by atoms with Crippen molar-refractivity contribution in [2.45, 2.75) is 248 Å². The van der Waals surface area contributed by atoms with Gasteiger partial charge in [-0.1, -0.05) is 155 Å². The molecule has 0 bridgehead atoms. The van der Waals surface area contributed by atoms with Gasteiger partial charge in [-0.15, -0.1) is 0 Å². The summed E-state index contributed by atoms with van der Waals surface area (Å²) in [6.45, 7) is 2.67. The van der Waals surface area contributed by atoms with E-state index >= 15 is 0 Å². The Bertz CT molecular complexity index is 977. The van der Waals surface area contributed by atoms with Crippen LogP contribution in [0.25, 0.3) is 0 Å². The summed E-state index contributed by atoms with van der Waals surface area (Å²) in [6, 6.07) is -0.817. The van der Waals surface area contributed by atoms with E-state index in [1.54, 1.807) is 0 Å². The predicted octanol–water partition coefficient (Wildman–Crippen LogP) is 4.27. The van der Waals surface area contributed by atoms with Crippen LogP contribution in [-0.2, 0) is 23.7 Å². The highest BCUT2D eigenvalue weighted by Crippen LogP contribution is 2.30. The third-order valence-electron chi connectivity index (χ3n) is 11.6. The van der Waals surface area contributed by atoms with Crippen LogP contribution in [0.5, 0.6) is 0 Å². The molecular weight excluding hydrogens is 738 g/mol. The average Bonchev–Trinajstić information content (AvgIpc) is 3.20. The van der Waals surface area contributed by atoms with E-state index in [9.17, 15) is 45.6 Å². The molecule has 338 valence electrons. The summed E-state index contributed by atoms with van der Waals surface area (Å²) in [6.07, 6.45) is 12.2. The topological polar surface area (TPSA) is 228 Å². The minimum atomic E-state index is -1.78. The van der Waals surface area contributed by atoms with Crippen molar-refractivity contribution in [2.75, 3.05) is 19.8 Å². The first-order chi connectivity index (χ1) is 27.6. The number of unbranched alkanes of at least 4 members (excludes halogenated alkanes) is 21. The van der Waals surface area contributed by atoms with Gasteiger partial charge in [0.25, 0.3) is 0 Å². The van der Waals surface area contributed by atoms with Crippen LogP contribution in [0.4, 0.5) is 0 Å². The van der Waals surface area contributed by atoms with Gasteiger partial charge in [-0.05, 0) is 12.8 Å². The number of hydrogen-bond donors (Lipinski definition) is 9. The fraction of sp³-hybridized carbons (Fsp3) is 0.977. The van der Waals surface area contributed by atoms with Crippen molar-refractivity contribution < 1.29 is 64.6 Å². The molecule has 0 aliphatic carbocycles. The Balaban J connectivity index is 1.72. The summed E-state index contributed by atoms with van der Waals surface area (Å²) < 4.78 is 22.5. The highest BCUT2D eigenvalue weighted by molar-refractivity contribution is 5.76. The van der Waals surface area contributed by atoms with Crippen LogP contribution in [-0.4, -0.2) is 140 Å². The van der Waals surface area contributed by atoms with E-state index in [1.807, 2.05) is 6.92 Å². The molecular formula is C43H83NO13. The van der Waals surface area contributed by atoms with E-state index in [-0.39, 0.29) is 12.5 Å². The SMILES string of the molecule is CCCCCCCCCCCCCCCCCCCCCCC(O)C(COC1OC(CO)C(OC2OC(CO)C(O)C(O)C2O)C(O)C1O)NC(=O)CCCCC. The van der Waals surface area contributed by atoms with Crippen LogP contribution in [0.1, 0.15) is 174 Å². The summed E-state index contributed by atoms with van der Waals surface area (Å²) in [4.78, 5) is 12.8. The first kappa shape index (κ1) is 52.1. The Morgan fingerprint density at radius 2 is 1.00 bits per heavy atom. The van der Waals surface area contributed by atoms with Gasteiger partial charge in [0.2, 0.25) is 5.91 Å².